The van der Waals surface area contributed by atoms with Gasteiger partial charge in [0.05, 0.1) is 0 Å². The third kappa shape index (κ3) is 2.77. The SMILES string of the molecule is CCc1c[n+](C)ccc1C.[I-]. The summed E-state index contributed by atoms with van der Waals surface area (Å²) in [6.45, 7) is 4.33. The third-order valence-electron chi connectivity index (χ3n) is 1.81. The number of aryl methyl sites for hydroxylation is 3. The molecule has 1 aromatic heterocycles. The summed E-state index contributed by atoms with van der Waals surface area (Å²) in [4.78, 5) is 0. The first kappa shape index (κ1) is 10.9. The van der Waals surface area contributed by atoms with E-state index in [0.29, 0.717) is 0 Å². The molecular weight excluding hydrogens is 249 g/mol. The van der Waals surface area contributed by atoms with E-state index in [4.69, 9.17) is 0 Å². The van der Waals surface area contributed by atoms with Crippen LogP contribution in [-0.2, 0) is 13.5 Å². The van der Waals surface area contributed by atoms with Crippen LogP contribution in [0.2, 0.25) is 0 Å². The number of hydrogen-bond acceptors (Lipinski definition) is 0. The van der Waals surface area contributed by atoms with Crippen LogP contribution in [0.25, 0.3) is 0 Å². The molecule has 2 heteroatoms. The van der Waals surface area contributed by atoms with E-state index in [1.54, 1.807) is 0 Å². The summed E-state index contributed by atoms with van der Waals surface area (Å²) in [7, 11) is 2.05. The van der Waals surface area contributed by atoms with E-state index in [9.17, 15) is 0 Å². The number of aromatic nitrogens is 1. The molecule has 0 bridgehead atoms. The highest BCUT2D eigenvalue weighted by Gasteiger charge is 1.98. The van der Waals surface area contributed by atoms with Gasteiger partial charge in [0, 0.05) is 11.6 Å². The molecule has 62 valence electrons. The Morgan fingerprint density at radius 1 is 1.45 bits per heavy atom. The second-order valence-electron chi connectivity index (χ2n) is 2.67. The lowest BCUT2D eigenvalue weighted by molar-refractivity contribution is -0.672. The van der Waals surface area contributed by atoms with E-state index in [-0.39, 0.29) is 24.0 Å². The topological polar surface area (TPSA) is 3.88 Å². The molecule has 1 heterocycles. The van der Waals surface area contributed by atoms with Crippen LogP contribution in [0.1, 0.15) is 18.1 Å². The van der Waals surface area contributed by atoms with Gasteiger partial charge in [0.2, 0.25) is 0 Å². The van der Waals surface area contributed by atoms with Crippen molar-refractivity contribution in [1.82, 2.24) is 0 Å². The molecule has 0 fully saturated rings. The van der Waals surface area contributed by atoms with Crippen molar-refractivity contribution in [2.24, 2.45) is 7.05 Å². The summed E-state index contributed by atoms with van der Waals surface area (Å²) >= 11 is 0. The zero-order chi connectivity index (χ0) is 7.56. The van der Waals surface area contributed by atoms with Crippen LogP contribution in [0, 0.1) is 6.92 Å². The first-order valence-electron chi connectivity index (χ1n) is 3.68. The Morgan fingerprint density at radius 3 is 2.55 bits per heavy atom. The first-order valence-corrected chi connectivity index (χ1v) is 3.68. The van der Waals surface area contributed by atoms with E-state index in [1.165, 1.54) is 11.1 Å². The Kier molecular flexibility index (Phi) is 4.65. The average molecular weight is 263 g/mol. The number of halogens is 1. The predicted molar refractivity (Wildman–Crippen MR) is 41.7 cm³/mol. The minimum absolute atomic E-state index is 0. The predicted octanol–water partition coefficient (Wildman–Crippen LogP) is -1.61. The highest BCUT2D eigenvalue weighted by molar-refractivity contribution is 5.18. The quantitative estimate of drug-likeness (QED) is 0.424. The Labute approximate surface area is 85.5 Å². The molecule has 0 atom stereocenters. The van der Waals surface area contributed by atoms with E-state index >= 15 is 0 Å². The summed E-state index contributed by atoms with van der Waals surface area (Å²) in [5.41, 5.74) is 2.82. The van der Waals surface area contributed by atoms with Gasteiger partial charge >= 0.3 is 0 Å². The van der Waals surface area contributed by atoms with Crippen LogP contribution < -0.4 is 28.5 Å². The molecule has 0 saturated heterocycles. The second kappa shape index (κ2) is 4.70. The number of nitrogens with zero attached hydrogens (tertiary/aromatic N) is 1. The van der Waals surface area contributed by atoms with Crippen molar-refractivity contribution in [3.8, 4) is 0 Å². The van der Waals surface area contributed by atoms with Crippen LogP contribution in [0.4, 0.5) is 0 Å². The normalized spacial score (nSPS) is 9.00. The van der Waals surface area contributed by atoms with Crippen molar-refractivity contribution < 1.29 is 28.5 Å². The number of pyridine rings is 1. The van der Waals surface area contributed by atoms with Gasteiger partial charge in [-0.25, -0.2) is 4.57 Å². The van der Waals surface area contributed by atoms with Gasteiger partial charge in [0.1, 0.15) is 7.05 Å². The summed E-state index contributed by atoms with van der Waals surface area (Å²) in [6, 6.07) is 2.15. The molecule has 1 nitrogen and oxygen atoms in total. The molecule has 0 aromatic carbocycles. The molecule has 0 aliphatic heterocycles. The number of hydrogen-bond donors (Lipinski definition) is 0. The molecule has 0 unspecified atom stereocenters. The molecular formula is C9H14IN. The fourth-order valence-corrected chi connectivity index (χ4v) is 1.10. The lowest BCUT2D eigenvalue weighted by Crippen LogP contribution is -3.00. The smallest absolute Gasteiger partial charge is 0.171 e. The largest absolute Gasteiger partial charge is 1.00 e. The maximum Gasteiger partial charge on any atom is 0.171 e. The van der Waals surface area contributed by atoms with Crippen molar-refractivity contribution in [1.29, 1.82) is 0 Å². The van der Waals surface area contributed by atoms with E-state index in [0.717, 1.165) is 6.42 Å². The van der Waals surface area contributed by atoms with Crippen LogP contribution >= 0.6 is 0 Å². The summed E-state index contributed by atoms with van der Waals surface area (Å²) in [5, 5.41) is 0. The second-order valence-corrected chi connectivity index (χ2v) is 2.67. The van der Waals surface area contributed by atoms with Crippen LogP contribution in [0.15, 0.2) is 18.5 Å². The summed E-state index contributed by atoms with van der Waals surface area (Å²) < 4.78 is 2.09. The molecule has 0 radical (unpaired) electrons. The van der Waals surface area contributed by atoms with Gasteiger partial charge in [0.25, 0.3) is 0 Å². The highest BCUT2D eigenvalue weighted by Crippen LogP contribution is 2.02. The Balaban J connectivity index is 0.000001000. The van der Waals surface area contributed by atoms with Crippen molar-refractivity contribution in [3.63, 3.8) is 0 Å². The minimum Gasteiger partial charge on any atom is -1.00 e. The molecule has 1 rings (SSSR count). The Hall–Kier alpha value is -0.120. The fourth-order valence-electron chi connectivity index (χ4n) is 1.10. The minimum atomic E-state index is 0. The molecule has 0 amide bonds. The van der Waals surface area contributed by atoms with Gasteiger partial charge in [-0.3, -0.25) is 0 Å². The Bertz CT molecular complexity index is 233. The highest BCUT2D eigenvalue weighted by atomic mass is 127. The molecule has 0 aliphatic carbocycles. The van der Waals surface area contributed by atoms with Crippen molar-refractivity contribution >= 4 is 0 Å². The molecule has 0 saturated carbocycles. The fraction of sp³-hybridized carbons (Fsp3) is 0.444. The molecule has 11 heavy (non-hydrogen) atoms. The van der Waals surface area contributed by atoms with E-state index in [2.05, 4.69) is 43.9 Å². The van der Waals surface area contributed by atoms with Crippen LogP contribution in [-0.4, -0.2) is 0 Å². The maximum atomic E-state index is 2.18. The van der Waals surface area contributed by atoms with Crippen LogP contribution in [0.5, 0.6) is 0 Å². The van der Waals surface area contributed by atoms with E-state index < -0.39 is 0 Å². The van der Waals surface area contributed by atoms with Crippen molar-refractivity contribution in [3.05, 3.63) is 29.6 Å². The molecule has 0 aliphatic rings. The van der Waals surface area contributed by atoms with Gasteiger partial charge in [0.15, 0.2) is 12.4 Å². The third-order valence-corrected chi connectivity index (χ3v) is 1.81. The standard InChI is InChI=1S/C9H14N.HI/c1-4-9-7-10(3)6-5-8(9)2;/h5-7H,4H2,1-3H3;1H/q+1;/p-1. The summed E-state index contributed by atoms with van der Waals surface area (Å²) in [5.74, 6) is 0. The van der Waals surface area contributed by atoms with Gasteiger partial charge in [-0.05, 0) is 18.9 Å². The lowest BCUT2D eigenvalue weighted by atomic mass is 10.1. The Morgan fingerprint density at radius 2 is 2.09 bits per heavy atom. The van der Waals surface area contributed by atoms with Crippen LogP contribution in [0.3, 0.4) is 0 Å². The monoisotopic (exact) mass is 263 g/mol. The summed E-state index contributed by atoms with van der Waals surface area (Å²) in [6.07, 6.45) is 5.38. The maximum absolute atomic E-state index is 2.18. The molecule has 0 N–H and O–H groups in total. The zero-order valence-electron chi connectivity index (χ0n) is 7.26. The van der Waals surface area contributed by atoms with E-state index in [1.807, 2.05) is 0 Å². The van der Waals surface area contributed by atoms with Crippen molar-refractivity contribution in [2.75, 3.05) is 0 Å². The molecule has 1 aromatic rings. The van der Waals surface area contributed by atoms with Gasteiger partial charge < -0.3 is 24.0 Å². The first-order chi connectivity index (χ1) is 4.74. The molecule has 0 spiro atoms. The van der Waals surface area contributed by atoms with Gasteiger partial charge in [-0.15, -0.1) is 0 Å². The average Bonchev–Trinajstić information content (AvgIpc) is 1.94. The van der Waals surface area contributed by atoms with Crippen molar-refractivity contribution in [2.45, 2.75) is 20.3 Å². The lowest BCUT2D eigenvalue weighted by Gasteiger charge is -1.97. The van der Waals surface area contributed by atoms with Gasteiger partial charge in [-0.2, -0.15) is 0 Å². The zero-order valence-corrected chi connectivity index (χ0v) is 9.42. The number of rotatable bonds is 1. The van der Waals surface area contributed by atoms with Gasteiger partial charge in [-0.1, -0.05) is 6.92 Å².